The lowest BCUT2D eigenvalue weighted by Gasteiger charge is -2.26. The van der Waals surface area contributed by atoms with Gasteiger partial charge in [0.05, 0.1) is 5.71 Å². The quantitative estimate of drug-likeness (QED) is 0.475. The number of benzene rings is 1. The monoisotopic (exact) mass is 369 g/mol. The van der Waals surface area contributed by atoms with Crippen LogP contribution in [0.1, 0.15) is 31.4 Å². The van der Waals surface area contributed by atoms with Gasteiger partial charge in [0.2, 0.25) is 0 Å². The summed E-state index contributed by atoms with van der Waals surface area (Å²) < 4.78 is 0. The van der Waals surface area contributed by atoms with E-state index >= 15 is 0 Å². The van der Waals surface area contributed by atoms with Crippen LogP contribution < -0.4 is 0 Å². The van der Waals surface area contributed by atoms with E-state index in [1.165, 1.54) is 0 Å². The number of aliphatic carboxylic acids is 1. The molecule has 1 aromatic carbocycles. The molecule has 0 saturated carbocycles. The summed E-state index contributed by atoms with van der Waals surface area (Å²) in [5.41, 5.74) is 2.48. The third-order valence-corrected chi connectivity index (χ3v) is 3.92. The number of allylic oxidation sites excluding steroid dienone is 2. The summed E-state index contributed by atoms with van der Waals surface area (Å²) >= 11 is 0. The van der Waals surface area contributed by atoms with Gasteiger partial charge in [-0.25, -0.2) is 9.79 Å². The van der Waals surface area contributed by atoms with E-state index in [0.29, 0.717) is 0 Å². The smallest absolute Gasteiger partial charge is 0.328 e. The number of rotatable bonds is 11. The van der Waals surface area contributed by atoms with Crippen LogP contribution in [0, 0.1) is 0 Å². The van der Waals surface area contributed by atoms with Gasteiger partial charge >= 0.3 is 5.97 Å². The predicted molar refractivity (Wildman–Crippen MR) is 114 cm³/mol. The second-order valence-corrected chi connectivity index (χ2v) is 6.44. The first-order valence-corrected chi connectivity index (χ1v) is 9.19. The molecule has 0 aliphatic heterocycles. The Bertz CT molecular complexity index is 718. The number of hydrogen-bond donors (Lipinski definition) is 1. The molecular formula is C22H31N3O2. The van der Waals surface area contributed by atoms with Crippen molar-refractivity contribution in [2.75, 3.05) is 33.7 Å². The average Bonchev–Trinajstić information content (AvgIpc) is 2.65. The molecule has 5 nitrogen and oxygen atoms in total. The van der Waals surface area contributed by atoms with Gasteiger partial charge in [-0.05, 0) is 57.3 Å². The molecule has 0 saturated heterocycles. The maximum absolute atomic E-state index is 10.7. The first-order chi connectivity index (χ1) is 12.9. The number of hydrogen-bond acceptors (Lipinski definition) is 4. The molecule has 0 amide bonds. The van der Waals surface area contributed by atoms with Gasteiger partial charge in [0.15, 0.2) is 0 Å². The Morgan fingerprint density at radius 1 is 1.26 bits per heavy atom. The molecule has 146 valence electrons. The lowest BCUT2D eigenvalue weighted by atomic mass is 10.1. The van der Waals surface area contributed by atoms with Crippen LogP contribution in [0.3, 0.4) is 0 Å². The van der Waals surface area contributed by atoms with Crippen molar-refractivity contribution in [3.63, 3.8) is 0 Å². The normalized spacial score (nSPS) is 12.6. The van der Waals surface area contributed by atoms with Crippen LogP contribution in [0.2, 0.25) is 0 Å². The van der Waals surface area contributed by atoms with Gasteiger partial charge in [-0.1, -0.05) is 31.7 Å². The molecule has 5 heteroatoms. The summed E-state index contributed by atoms with van der Waals surface area (Å²) in [6.45, 7) is 10.8. The highest BCUT2D eigenvalue weighted by atomic mass is 16.4. The standard InChI is InChI=1S/C22H31N3O2/c1-6-14-25(16-15-24(4)5)21(8-3)23-20(7-2)19-11-9-10-18(17-19)12-13-22(26)27/h7-13,17H,2,6,14-16H2,1,3-5H3,(H,26,27)/b13-12+,21-8+,23-20?. The molecule has 0 unspecified atom stereocenters. The molecule has 0 aromatic heterocycles. The summed E-state index contributed by atoms with van der Waals surface area (Å²) in [5, 5.41) is 8.81. The predicted octanol–water partition coefficient (Wildman–Crippen LogP) is 3.89. The lowest BCUT2D eigenvalue weighted by molar-refractivity contribution is -0.131. The molecule has 1 N–H and O–H groups in total. The molecule has 0 spiro atoms. The summed E-state index contributed by atoms with van der Waals surface area (Å²) in [4.78, 5) is 20.0. The Hall–Kier alpha value is -2.66. The maximum atomic E-state index is 10.7. The van der Waals surface area contributed by atoms with Crippen molar-refractivity contribution in [2.24, 2.45) is 4.99 Å². The molecule has 1 rings (SSSR count). The third kappa shape index (κ3) is 8.05. The van der Waals surface area contributed by atoms with Crippen LogP contribution in [0.25, 0.3) is 6.08 Å². The largest absolute Gasteiger partial charge is 0.478 e. The van der Waals surface area contributed by atoms with E-state index in [1.54, 1.807) is 12.2 Å². The molecule has 27 heavy (non-hydrogen) atoms. The number of likely N-dealkylation sites (N-methyl/N-ethyl adjacent to an activating group) is 1. The van der Waals surface area contributed by atoms with Crippen molar-refractivity contribution >= 4 is 17.8 Å². The zero-order valence-corrected chi connectivity index (χ0v) is 16.9. The Labute approximate surface area is 163 Å². The Kier molecular flexibility index (Phi) is 9.83. The minimum Gasteiger partial charge on any atom is -0.478 e. The van der Waals surface area contributed by atoms with E-state index in [4.69, 9.17) is 10.1 Å². The van der Waals surface area contributed by atoms with Crippen LogP contribution in [0.5, 0.6) is 0 Å². The summed E-state index contributed by atoms with van der Waals surface area (Å²) in [6, 6.07) is 7.62. The van der Waals surface area contributed by atoms with Gasteiger partial charge in [0.25, 0.3) is 0 Å². The van der Waals surface area contributed by atoms with Gasteiger partial charge in [-0.15, -0.1) is 0 Å². The van der Waals surface area contributed by atoms with Crippen LogP contribution in [-0.2, 0) is 4.79 Å². The molecule has 0 aliphatic rings. The van der Waals surface area contributed by atoms with Crippen molar-refractivity contribution < 1.29 is 9.90 Å². The summed E-state index contributed by atoms with van der Waals surface area (Å²) in [6.07, 6.45) is 7.50. The summed E-state index contributed by atoms with van der Waals surface area (Å²) in [7, 11) is 4.13. The molecule has 0 radical (unpaired) electrons. The van der Waals surface area contributed by atoms with Crippen LogP contribution >= 0.6 is 0 Å². The zero-order chi connectivity index (χ0) is 20.2. The van der Waals surface area contributed by atoms with Crippen molar-refractivity contribution in [2.45, 2.75) is 20.3 Å². The van der Waals surface area contributed by atoms with Gasteiger partial charge in [0.1, 0.15) is 5.82 Å². The molecule has 1 aromatic rings. The van der Waals surface area contributed by atoms with E-state index < -0.39 is 5.97 Å². The fourth-order valence-corrected chi connectivity index (χ4v) is 2.57. The minimum absolute atomic E-state index is 0.764. The topological polar surface area (TPSA) is 56.1 Å². The van der Waals surface area contributed by atoms with Gasteiger partial charge in [-0.3, -0.25) is 0 Å². The average molecular weight is 370 g/mol. The van der Waals surface area contributed by atoms with Crippen LogP contribution in [-0.4, -0.2) is 60.3 Å². The number of nitrogens with zero attached hydrogens (tertiary/aromatic N) is 3. The highest BCUT2D eigenvalue weighted by Crippen LogP contribution is 2.14. The molecule has 0 aliphatic carbocycles. The van der Waals surface area contributed by atoms with Crippen LogP contribution in [0.15, 0.2) is 59.9 Å². The molecule has 0 bridgehead atoms. The zero-order valence-electron chi connectivity index (χ0n) is 16.9. The van der Waals surface area contributed by atoms with E-state index in [1.807, 2.05) is 37.3 Å². The van der Waals surface area contributed by atoms with Crippen LogP contribution in [0.4, 0.5) is 0 Å². The number of carboxylic acids is 1. The highest BCUT2D eigenvalue weighted by molar-refractivity contribution is 6.09. The molecule has 0 atom stereocenters. The SMILES string of the molecule is C=CC(=N/C(=C\C)N(CCC)CCN(C)C)c1cccc(/C=C/C(=O)O)c1. The van der Waals surface area contributed by atoms with Gasteiger partial charge in [0, 0.05) is 31.3 Å². The van der Waals surface area contributed by atoms with E-state index in [-0.39, 0.29) is 0 Å². The van der Waals surface area contributed by atoms with Crippen molar-refractivity contribution in [3.05, 3.63) is 66.0 Å². The fourth-order valence-electron chi connectivity index (χ4n) is 2.57. The van der Waals surface area contributed by atoms with Gasteiger partial charge in [-0.2, -0.15) is 0 Å². The molecule has 0 heterocycles. The first kappa shape index (κ1) is 22.4. The second-order valence-electron chi connectivity index (χ2n) is 6.44. The van der Waals surface area contributed by atoms with Crippen molar-refractivity contribution in [1.29, 1.82) is 0 Å². The van der Waals surface area contributed by atoms with Crippen molar-refractivity contribution in [1.82, 2.24) is 9.80 Å². The third-order valence-electron chi connectivity index (χ3n) is 3.92. The van der Waals surface area contributed by atoms with Crippen molar-refractivity contribution in [3.8, 4) is 0 Å². The van der Waals surface area contributed by atoms with Gasteiger partial charge < -0.3 is 14.9 Å². The minimum atomic E-state index is -0.967. The Balaban J connectivity index is 3.16. The lowest BCUT2D eigenvalue weighted by Crippen LogP contribution is -2.31. The maximum Gasteiger partial charge on any atom is 0.328 e. The summed E-state index contributed by atoms with van der Waals surface area (Å²) in [5.74, 6) is -0.0506. The number of carbonyl (C=O) groups is 1. The first-order valence-electron chi connectivity index (χ1n) is 9.19. The van der Waals surface area contributed by atoms with E-state index in [0.717, 1.165) is 54.8 Å². The second kappa shape index (κ2) is 11.9. The fraction of sp³-hybridized carbons (Fsp3) is 0.364. The highest BCUT2D eigenvalue weighted by Gasteiger charge is 2.09. The Morgan fingerprint density at radius 3 is 2.56 bits per heavy atom. The molecular weight excluding hydrogens is 338 g/mol. The molecule has 0 fully saturated rings. The number of carboxylic acid groups (broad SMARTS) is 1. The van der Waals surface area contributed by atoms with E-state index in [9.17, 15) is 4.79 Å². The number of aliphatic imine (C=N–C) groups is 1. The van der Waals surface area contributed by atoms with E-state index in [2.05, 4.69) is 37.4 Å². The Morgan fingerprint density at radius 2 is 2.00 bits per heavy atom.